The number of likely N-dealkylation sites (tertiary alicyclic amines) is 1. The van der Waals surface area contributed by atoms with Crippen molar-refractivity contribution in [2.45, 2.75) is 64.8 Å². The van der Waals surface area contributed by atoms with Gasteiger partial charge in [0.2, 0.25) is 0 Å². The molecule has 5 nitrogen and oxygen atoms in total. The maximum Gasteiger partial charge on any atom is 0.266 e. The summed E-state index contributed by atoms with van der Waals surface area (Å²) in [4.78, 5) is 14.4. The molecule has 1 fully saturated rings. The summed E-state index contributed by atoms with van der Waals surface area (Å²) in [6, 6.07) is 6.04. The van der Waals surface area contributed by atoms with Gasteiger partial charge in [-0.15, -0.1) is 0 Å². The molecule has 0 aliphatic carbocycles. The van der Waals surface area contributed by atoms with Gasteiger partial charge in [-0.1, -0.05) is 26.0 Å². The molecule has 2 N–H and O–H groups in total. The smallest absolute Gasteiger partial charge is 0.266 e. The van der Waals surface area contributed by atoms with E-state index in [2.05, 4.69) is 13.8 Å². The van der Waals surface area contributed by atoms with Gasteiger partial charge in [0, 0.05) is 13.1 Å². The second kappa shape index (κ2) is 7.11. The van der Waals surface area contributed by atoms with E-state index in [1.165, 1.54) is 0 Å². The average Bonchev–Trinajstić information content (AvgIpc) is 2.48. The monoisotopic (exact) mass is 335 g/mol. The van der Waals surface area contributed by atoms with Gasteiger partial charge in [0.15, 0.2) is 5.60 Å². The number of carbonyl (C=O) groups is 1. The van der Waals surface area contributed by atoms with Gasteiger partial charge in [0.1, 0.15) is 5.75 Å². The highest BCUT2D eigenvalue weighted by Crippen LogP contribution is 2.31. The fourth-order valence-electron chi connectivity index (χ4n) is 3.01. The lowest BCUT2D eigenvalue weighted by atomic mass is 9.99. The molecule has 0 spiro atoms. The van der Waals surface area contributed by atoms with E-state index >= 15 is 0 Å². The van der Waals surface area contributed by atoms with Crippen LogP contribution in [0.15, 0.2) is 18.2 Å². The van der Waals surface area contributed by atoms with E-state index in [0.29, 0.717) is 18.9 Å². The molecule has 1 heterocycles. The van der Waals surface area contributed by atoms with Crippen LogP contribution in [0.5, 0.6) is 5.75 Å². The Morgan fingerprint density at radius 1 is 1.29 bits per heavy atom. The topological polar surface area (TPSA) is 70.0 Å². The third-order valence-electron chi connectivity index (χ3n) is 4.50. The lowest BCUT2D eigenvalue weighted by Crippen LogP contribution is -2.56. The average molecular weight is 335 g/mol. The van der Waals surface area contributed by atoms with Crippen molar-refractivity contribution in [1.82, 2.24) is 4.90 Å². The van der Waals surface area contributed by atoms with Crippen molar-refractivity contribution in [2.75, 3.05) is 13.1 Å². The van der Waals surface area contributed by atoms with Crippen molar-refractivity contribution < 1.29 is 19.7 Å². The zero-order valence-electron chi connectivity index (χ0n) is 15.2. The summed E-state index contributed by atoms with van der Waals surface area (Å²) in [5.74, 6) is 0.837. The van der Waals surface area contributed by atoms with Gasteiger partial charge in [-0.25, -0.2) is 0 Å². The summed E-state index contributed by atoms with van der Waals surface area (Å²) in [6.45, 7) is 10.2. The molecule has 1 aromatic rings. The number of nitrogens with zero attached hydrogens (tertiary/aromatic N) is 1. The van der Waals surface area contributed by atoms with Crippen LogP contribution in [0.1, 0.15) is 51.2 Å². The van der Waals surface area contributed by atoms with E-state index in [-0.39, 0.29) is 12.5 Å². The molecule has 1 aliphatic rings. The molecule has 0 radical (unpaired) electrons. The molecule has 134 valence electrons. The zero-order chi connectivity index (χ0) is 18.1. The van der Waals surface area contributed by atoms with Crippen LogP contribution in [0.2, 0.25) is 0 Å². The number of piperidine rings is 1. The van der Waals surface area contributed by atoms with Gasteiger partial charge >= 0.3 is 0 Å². The molecule has 1 amide bonds. The van der Waals surface area contributed by atoms with Crippen LogP contribution in [0, 0.1) is 6.92 Å². The fraction of sp³-hybridized carbons (Fsp3) is 0.632. The number of amides is 1. The summed E-state index contributed by atoms with van der Waals surface area (Å²) in [6.07, 6.45) is -1.28. The summed E-state index contributed by atoms with van der Waals surface area (Å²) in [7, 11) is 0. The Morgan fingerprint density at radius 3 is 2.54 bits per heavy atom. The minimum Gasteiger partial charge on any atom is -0.478 e. The van der Waals surface area contributed by atoms with Crippen LogP contribution < -0.4 is 4.74 Å². The van der Waals surface area contributed by atoms with Crippen molar-refractivity contribution in [3.63, 3.8) is 0 Å². The van der Waals surface area contributed by atoms with E-state index in [9.17, 15) is 15.0 Å². The van der Waals surface area contributed by atoms with Crippen LogP contribution in [0.25, 0.3) is 0 Å². The first-order valence-corrected chi connectivity index (χ1v) is 8.57. The van der Waals surface area contributed by atoms with E-state index in [1.807, 2.05) is 25.1 Å². The highest BCUT2D eigenvalue weighted by Gasteiger charge is 2.38. The maximum absolute atomic E-state index is 12.9. The Hall–Kier alpha value is -1.59. The first-order valence-electron chi connectivity index (χ1n) is 8.57. The van der Waals surface area contributed by atoms with Gasteiger partial charge in [-0.2, -0.15) is 0 Å². The normalized spacial score (nSPS) is 21.9. The lowest BCUT2D eigenvalue weighted by Gasteiger charge is -2.38. The highest BCUT2D eigenvalue weighted by molar-refractivity contribution is 5.85. The number of aliphatic hydroxyl groups is 2. The molecule has 2 rings (SSSR count). The van der Waals surface area contributed by atoms with Crippen LogP contribution in [-0.2, 0) is 4.79 Å². The Labute approximate surface area is 144 Å². The maximum atomic E-state index is 12.9. The molecule has 5 heteroatoms. The number of hydrogen-bond acceptors (Lipinski definition) is 4. The quantitative estimate of drug-likeness (QED) is 0.885. The summed E-state index contributed by atoms with van der Waals surface area (Å²) in [5.41, 5.74) is 1.10. The molecule has 1 aliphatic heterocycles. The first kappa shape index (κ1) is 18.7. The van der Waals surface area contributed by atoms with Crippen molar-refractivity contribution in [2.24, 2.45) is 0 Å². The fourth-order valence-corrected chi connectivity index (χ4v) is 3.01. The number of benzene rings is 1. The van der Waals surface area contributed by atoms with Crippen molar-refractivity contribution in [1.29, 1.82) is 0 Å². The number of aliphatic hydroxyl groups excluding tert-OH is 2. The van der Waals surface area contributed by atoms with E-state index in [4.69, 9.17) is 4.74 Å². The SMILES string of the molecule is Cc1ccc(C(C)C)c(OC(C)(C)C(=O)N2CC[C@H](O)[C@@H](O)C2)c1. The third kappa shape index (κ3) is 4.08. The van der Waals surface area contributed by atoms with E-state index < -0.39 is 17.8 Å². The number of carbonyl (C=O) groups excluding carboxylic acids is 1. The first-order chi connectivity index (χ1) is 11.1. The van der Waals surface area contributed by atoms with Gasteiger partial charge in [-0.05, 0) is 50.3 Å². The zero-order valence-corrected chi connectivity index (χ0v) is 15.2. The minimum absolute atomic E-state index is 0.137. The molecule has 0 aromatic heterocycles. The Morgan fingerprint density at radius 2 is 1.96 bits per heavy atom. The predicted molar refractivity (Wildman–Crippen MR) is 93.2 cm³/mol. The highest BCUT2D eigenvalue weighted by atomic mass is 16.5. The minimum atomic E-state index is -1.04. The van der Waals surface area contributed by atoms with Gasteiger partial charge in [0.05, 0.1) is 12.2 Å². The third-order valence-corrected chi connectivity index (χ3v) is 4.50. The summed E-state index contributed by atoms with van der Waals surface area (Å²) >= 11 is 0. The van der Waals surface area contributed by atoms with E-state index in [1.54, 1.807) is 18.7 Å². The second-order valence-electron chi connectivity index (χ2n) is 7.48. The molecule has 0 saturated carbocycles. The Balaban J connectivity index is 2.19. The van der Waals surface area contributed by atoms with Gasteiger partial charge < -0.3 is 19.8 Å². The van der Waals surface area contributed by atoms with Crippen LogP contribution in [-0.4, -0.2) is 51.9 Å². The van der Waals surface area contributed by atoms with Crippen LogP contribution in [0.4, 0.5) is 0 Å². The standard InChI is InChI=1S/C19H29NO4/c1-12(2)14-7-6-13(3)10-17(14)24-19(4,5)18(23)20-9-8-15(21)16(22)11-20/h6-7,10,12,15-16,21-22H,8-9,11H2,1-5H3/t15-,16-/m0/s1. The number of ether oxygens (including phenoxy) is 1. The van der Waals surface area contributed by atoms with Crippen molar-refractivity contribution in [3.05, 3.63) is 29.3 Å². The number of hydrogen-bond donors (Lipinski definition) is 2. The van der Waals surface area contributed by atoms with Crippen molar-refractivity contribution >= 4 is 5.91 Å². The summed E-state index contributed by atoms with van der Waals surface area (Å²) < 4.78 is 6.12. The number of β-amino-alcohol motifs (C(OH)–C–C–N with tert-alkyl or cyclic N) is 1. The van der Waals surface area contributed by atoms with Gasteiger partial charge in [0.25, 0.3) is 5.91 Å². The molecule has 1 saturated heterocycles. The Bertz CT molecular complexity index is 597. The molecule has 24 heavy (non-hydrogen) atoms. The van der Waals surface area contributed by atoms with Crippen molar-refractivity contribution in [3.8, 4) is 5.75 Å². The molecular weight excluding hydrogens is 306 g/mol. The largest absolute Gasteiger partial charge is 0.478 e. The summed E-state index contributed by atoms with van der Waals surface area (Å²) in [5, 5.41) is 19.4. The lowest BCUT2D eigenvalue weighted by molar-refractivity contribution is -0.151. The molecule has 0 unspecified atom stereocenters. The molecule has 2 atom stereocenters. The van der Waals surface area contributed by atoms with Gasteiger partial charge in [-0.3, -0.25) is 4.79 Å². The number of rotatable bonds is 4. The predicted octanol–water partition coefficient (Wildman–Crippen LogP) is 2.23. The molecule has 1 aromatic carbocycles. The van der Waals surface area contributed by atoms with Crippen LogP contribution in [0.3, 0.4) is 0 Å². The van der Waals surface area contributed by atoms with E-state index in [0.717, 1.165) is 16.9 Å². The molecule has 0 bridgehead atoms. The Kier molecular flexibility index (Phi) is 5.56. The second-order valence-corrected chi connectivity index (χ2v) is 7.48. The molecular formula is C19H29NO4. The number of aryl methyl sites for hydroxylation is 1. The van der Waals surface area contributed by atoms with Crippen LogP contribution >= 0.6 is 0 Å².